The average molecular weight is 346 g/mol. The number of carbonyl (C=O) groups excluding carboxylic acids is 2. The monoisotopic (exact) mass is 346 g/mol. The van der Waals surface area contributed by atoms with E-state index in [0.29, 0.717) is 5.56 Å². The van der Waals surface area contributed by atoms with E-state index in [0.717, 1.165) is 21.4 Å². The maximum atomic E-state index is 13.2. The van der Waals surface area contributed by atoms with E-state index in [1.54, 1.807) is 0 Å². The van der Waals surface area contributed by atoms with Gasteiger partial charge < -0.3 is 5.32 Å². The zero-order valence-corrected chi connectivity index (χ0v) is 14.0. The number of nitrogens with one attached hydrogen (secondary N) is 1. The first-order valence-corrected chi connectivity index (χ1v) is 8.13. The molecular formula is C21H15FN2O2. The molecular weight excluding hydrogens is 331 g/mol. The summed E-state index contributed by atoms with van der Waals surface area (Å²) in [7, 11) is 1.44. The summed E-state index contributed by atoms with van der Waals surface area (Å²) >= 11 is 0. The molecule has 0 saturated heterocycles. The first-order chi connectivity index (χ1) is 12.6. The van der Waals surface area contributed by atoms with E-state index in [-0.39, 0.29) is 11.3 Å². The third-order valence-corrected chi connectivity index (χ3v) is 4.47. The molecule has 1 N–H and O–H groups in total. The lowest BCUT2D eigenvalue weighted by Crippen LogP contribution is -2.27. The normalized spacial score (nSPS) is 14.5. The third-order valence-electron chi connectivity index (χ3n) is 4.47. The largest absolute Gasteiger partial charge is 0.350 e. The van der Waals surface area contributed by atoms with Crippen LogP contribution >= 0.6 is 0 Å². The Morgan fingerprint density at radius 1 is 0.846 bits per heavy atom. The fourth-order valence-electron chi connectivity index (χ4n) is 3.11. The highest BCUT2D eigenvalue weighted by molar-refractivity contribution is 6.36. The number of nitrogens with zero attached hydrogens (tertiary/aromatic N) is 1. The molecule has 3 aromatic rings. The standard InChI is InChI=1S/C21H15FN2O2/c1-24-20(25)18(14-9-11-15(22)12-10-14)19(21(24)26)23-17-8-4-6-13-5-2-3-7-16(13)17/h2-12,23H,1H3. The van der Waals surface area contributed by atoms with E-state index in [4.69, 9.17) is 0 Å². The van der Waals surface area contributed by atoms with Crippen LogP contribution < -0.4 is 5.32 Å². The summed E-state index contributed by atoms with van der Waals surface area (Å²) in [6, 6.07) is 19.0. The number of fused-ring (bicyclic) bond motifs is 1. The molecule has 26 heavy (non-hydrogen) atoms. The molecule has 1 aliphatic rings. The Morgan fingerprint density at radius 2 is 1.54 bits per heavy atom. The number of hydrogen-bond acceptors (Lipinski definition) is 3. The summed E-state index contributed by atoms with van der Waals surface area (Å²) in [5.41, 5.74) is 1.66. The van der Waals surface area contributed by atoms with Gasteiger partial charge in [0.1, 0.15) is 11.5 Å². The average Bonchev–Trinajstić information content (AvgIpc) is 2.87. The van der Waals surface area contributed by atoms with Crippen molar-refractivity contribution in [2.24, 2.45) is 0 Å². The van der Waals surface area contributed by atoms with E-state index < -0.39 is 17.6 Å². The third kappa shape index (κ3) is 2.54. The first kappa shape index (κ1) is 16.0. The van der Waals surface area contributed by atoms with E-state index in [1.807, 2.05) is 42.5 Å². The van der Waals surface area contributed by atoms with Gasteiger partial charge in [-0.2, -0.15) is 0 Å². The number of imide groups is 1. The van der Waals surface area contributed by atoms with Crippen LogP contribution in [0.15, 0.2) is 72.4 Å². The molecule has 1 heterocycles. The van der Waals surface area contributed by atoms with Gasteiger partial charge in [0.15, 0.2) is 0 Å². The summed E-state index contributed by atoms with van der Waals surface area (Å²) in [4.78, 5) is 26.3. The second kappa shape index (κ2) is 6.11. The molecule has 5 heteroatoms. The quantitative estimate of drug-likeness (QED) is 0.734. The predicted molar refractivity (Wildman–Crippen MR) is 98.7 cm³/mol. The molecule has 0 aromatic heterocycles. The Bertz CT molecular complexity index is 1070. The Kier molecular flexibility index (Phi) is 3.77. The fourth-order valence-corrected chi connectivity index (χ4v) is 3.11. The van der Waals surface area contributed by atoms with Crippen molar-refractivity contribution in [3.05, 3.63) is 83.8 Å². The molecule has 3 aromatic carbocycles. The van der Waals surface area contributed by atoms with Crippen LogP contribution in [0.1, 0.15) is 5.56 Å². The van der Waals surface area contributed by atoms with Crippen molar-refractivity contribution in [1.82, 2.24) is 4.90 Å². The summed E-state index contributed by atoms with van der Waals surface area (Å²) in [5, 5.41) is 5.09. The van der Waals surface area contributed by atoms with Gasteiger partial charge in [-0.1, -0.05) is 48.5 Å². The van der Waals surface area contributed by atoms with Crippen LogP contribution in [0.2, 0.25) is 0 Å². The van der Waals surface area contributed by atoms with Gasteiger partial charge in [0, 0.05) is 18.1 Å². The van der Waals surface area contributed by atoms with E-state index >= 15 is 0 Å². The fraction of sp³-hybridized carbons (Fsp3) is 0.0476. The summed E-state index contributed by atoms with van der Waals surface area (Å²) in [6.45, 7) is 0. The van der Waals surface area contributed by atoms with E-state index in [9.17, 15) is 14.0 Å². The molecule has 0 saturated carbocycles. The number of anilines is 1. The van der Waals surface area contributed by atoms with Crippen LogP contribution in [0, 0.1) is 5.82 Å². The maximum Gasteiger partial charge on any atom is 0.277 e. The lowest BCUT2D eigenvalue weighted by atomic mass is 10.0. The van der Waals surface area contributed by atoms with Crippen LogP contribution in [0.3, 0.4) is 0 Å². The van der Waals surface area contributed by atoms with Gasteiger partial charge in [-0.25, -0.2) is 4.39 Å². The number of amides is 2. The number of benzene rings is 3. The summed E-state index contributed by atoms with van der Waals surface area (Å²) < 4.78 is 13.2. The molecule has 2 amide bonds. The zero-order valence-electron chi connectivity index (χ0n) is 14.0. The molecule has 4 nitrogen and oxygen atoms in total. The number of hydrogen-bond donors (Lipinski definition) is 1. The highest BCUT2D eigenvalue weighted by Gasteiger charge is 2.36. The molecule has 0 unspecified atom stereocenters. The second-order valence-corrected chi connectivity index (χ2v) is 6.08. The zero-order chi connectivity index (χ0) is 18.3. The van der Waals surface area contributed by atoms with Crippen molar-refractivity contribution in [1.29, 1.82) is 0 Å². The highest BCUT2D eigenvalue weighted by atomic mass is 19.1. The Morgan fingerprint density at radius 3 is 2.31 bits per heavy atom. The molecule has 0 bridgehead atoms. The molecule has 0 fully saturated rings. The van der Waals surface area contributed by atoms with Crippen LogP contribution in [-0.4, -0.2) is 23.8 Å². The van der Waals surface area contributed by atoms with Crippen molar-refractivity contribution < 1.29 is 14.0 Å². The van der Waals surface area contributed by atoms with Crippen molar-refractivity contribution in [3.8, 4) is 0 Å². The van der Waals surface area contributed by atoms with Crippen molar-refractivity contribution in [3.63, 3.8) is 0 Å². The van der Waals surface area contributed by atoms with Crippen LogP contribution in [0.5, 0.6) is 0 Å². The van der Waals surface area contributed by atoms with Gasteiger partial charge >= 0.3 is 0 Å². The minimum atomic E-state index is -0.415. The number of rotatable bonds is 3. The molecule has 4 rings (SSSR count). The van der Waals surface area contributed by atoms with Gasteiger partial charge in [0.2, 0.25) is 0 Å². The molecule has 0 radical (unpaired) electrons. The van der Waals surface area contributed by atoms with Crippen molar-refractivity contribution in [2.45, 2.75) is 0 Å². The number of likely N-dealkylation sites (N-methyl/N-ethyl adjacent to an activating group) is 1. The van der Waals surface area contributed by atoms with E-state index in [1.165, 1.54) is 31.3 Å². The van der Waals surface area contributed by atoms with Crippen LogP contribution in [-0.2, 0) is 9.59 Å². The Hall–Kier alpha value is -3.47. The maximum absolute atomic E-state index is 13.2. The lowest BCUT2D eigenvalue weighted by molar-refractivity contribution is -0.135. The van der Waals surface area contributed by atoms with E-state index in [2.05, 4.69) is 5.32 Å². The lowest BCUT2D eigenvalue weighted by Gasteiger charge is -2.11. The molecule has 0 spiro atoms. The minimum absolute atomic E-state index is 0.195. The smallest absolute Gasteiger partial charge is 0.277 e. The Labute approximate surface area is 149 Å². The van der Waals surface area contributed by atoms with Gasteiger partial charge in [0.05, 0.1) is 5.57 Å². The second-order valence-electron chi connectivity index (χ2n) is 6.08. The highest BCUT2D eigenvalue weighted by Crippen LogP contribution is 2.32. The number of halogens is 1. The summed E-state index contributed by atoms with van der Waals surface area (Å²) in [5.74, 6) is -1.23. The van der Waals surface area contributed by atoms with Crippen LogP contribution in [0.4, 0.5) is 10.1 Å². The molecule has 0 atom stereocenters. The first-order valence-electron chi connectivity index (χ1n) is 8.13. The van der Waals surface area contributed by atoms with Crippen molar-refractivity contribution in [2.75, 3.05) is 12.4 Å². The van der Waals surface area contributed by atoms with Crippen LogP contribution in [0.25, 0.3) is 16.3 Å². The predicted octanol–water partition coefficient (Wildman–Crippen LogP) is 3.80. The Balaban J connectivity index is 1.86. The summed E-state index contributed by atoms with van der Waals surface area (Å²) in [6.07, 6.45) is 0. The van der Waals surface area contributed by atoms with Gasteiger partial charge in [-0.3, -0.25) is 14.5 Å². The van der Waals surface area contributed by atoms with Crippen molar-refractivity contribution >= 4 is 33.8 Å². The SMILES string of the molecule is CN1C(=O)C(Nc2cccc3ccccc23)=C(c2ccc(F)cc2)C1=O. The van der Waals surface area contributed by atoms with Gasteiger partial charge in [0.25, 0.3) is 11.8 Å². The topological polar surface area (TPSA) is 49.4 Å². The molecule has 128 valence electrons. The minimum Gasteiger partial charge on any atom is -0.350 e. The molecule has 1 aliphatic heterocycles. The van der Waals surface area contributed by atoms with Gasteiger partial charge in [-0.05, 0) is 29.1 Å². The number of carbonyl (C=O) groups is 2. The van der Waals surface area contributed by atoms with Gasteiger partial charge in [-0.15, -0.1) is 0 Å². The molecule has 0 aliphatic carbocycles.